The fourth-order valence-electron chi connectivity index (χ4n) is 1.26. The van der Waals surface area contributed by atoms with Gasteiger partial charge in [-0.25, -0.2) is 5.84 Å². The highest BCUT2D eigenvalue weighted by atomic mass is 16.7. The largest absolute Gasteiger partial charge is 0.366 e. The van der Waals surface area contributed by atoms with Crippen LogP contribution in [0.1, 0.15) is 22.0 Å². The third-order valence-corrected chi connectivity index (χ3v) is 2.10. The van der Waals surface area contributed by atoms with Crippen molar-refractivity contribution in [3.05, 3.63) is 35.4 Å². The number of aliphatic hydroxyl groups is 1. The minimum absolute atomic E-state index is 0.245. The number of benzene rings is 1. The zero-order valence-electron chi connectivity index (χ0n) is 7.31. The van der Waals surface area contributed by atoms with Crippen LogP contribution in [0.5, 0.6) is 0 Å². The molecule has 1 amide bonds. The van der Waals surface area contributed by atoms with E-state index in [4.69, 9.17) is 15.7 Å². The van der Waals surface area contributed by atoms with Crippen molar-refractivity contribution in [1.29, 1.82) is 0 Å². The molecule has 0 spiro atoms. The van der Waals surface area contributed by atoms with Crippen LogP contribution in [0, 0.1) is 0 Å². The van der Waals surface area contributed by atoms with Gasteiger partial charge in [0.2, 0.25) is 0 Å². The number of aliphatic hydroxyl groups excluding tert-OH is 1. The number of rotatable bonds is 2. The van der Waals surface area contributed by atoms with E-state index in [1.54, 1.807) is 24.3 Å². The van der Waals surface area contributed by atoms with E-state index in [1.807, 2.05) is 5.43 Å². The van der Waals surface area contributed by atoms with Crippen molar-refractivity contribution in [3.63, 3.8) is 0 Å². The average molecular weight is 194 g/mol. The number of carbonyl (C=O) groups is 1. The summed E-state index contributed by atoms with van der Waals surface area (Å²) in [4.78, 5) is 11.1. The minimum Gasteiger partial charge on any atom is -0.366 e. The Morgan fingerprint density at radius 2 is 2.00 bits per heavy atom. The third-order valence-electron chi connectivity index (χ3n) is 2.10. The van der Waals surface area contributed by atoms with Crippen molar-refractivity contribution in [2.75, 3.05) is 0 Å². The van der Waals surface area contributed by atoms with Gasteiger partial charge in [-0.15, -0.1) is 0 Å². The molecule has 1 fully saturated rings. The van der Waals surface area contributed by atoms with Gasteiger partial charge in [-0.2, -0.15) is 0 Å². The van der Waals surface area contributed by atoms with Gasteiger partial charge in [-0.05, 0) is 17.7 Å². The molecular weight excluding hydrogens is 184 g/mol. The van der Waals surface area contributed by atoms with Crippen LogP contribution >= 0.6 is 0 Å². The standard InChI is InChI=1S/C9H10N2O3/c10-11-8(12)6-3-1-5(2-4-6)7-9(13)14-7/h1-4,7,9,13H,10H2,(H,11,12). The molecule has 1 heterocycles. The second-order valence-corrected chi connectivity index (χ2v) is 3.04. The van der Waals surface area contributed by atoms with Crippen LogP contribution < -0.4 is 11.3 Å². The molecule has 0 saturated carbocycles. The highest BCUT2D eigenvalue weighted by Gasteiger charge is 2.38. The number of amides is 1. The quantitative estimate of drug-likeness (QED) is 0.260. The van der Waals surface area contributed by atoms with E-state index in [2.05, 4.69) is 0 Å². The van der Waals surface area contributed by atoms with Crippen molar-refractivity contribution in [1.82, 2.24) is 5.43 Å². The predicted octanol–water partition coefficient (Wildman–Crippen LogP) is -0.320. The molecule has 4 N–H and O–H groups in total. The molecule has 0 bridgehead atoms. The second-order valence-electron chi connectivity index (χ2n) is 3.04. The first-order valence-electron chi connectivity index (χ1n) is 4.17. The Labute approximate surface area is 80.4 Å². The summed E-state index contributed by atoms with van der Waals surface area (Å²) in [6.07, 6.45) is -0.950. The monoisotopic (exact) mass is 194 g/mol. The number of nitrogen functional groups attached to an aromatic ring is 1. The molecule has 0 radical (unpaired) electrons. The predicted molar refractivity (Wildman–Crippen MR) is 47.9 cm³/mol. The molecule has 2 atom stereocenters. The summed E-state index contributed by atoms with van der Waals surface area (Å²) < 4.78 is 4.86. The number of carbonyl (C=O) groups excluding carboxylic acids is 1. The lowest BCUT2D eigenvalue weighted by molar-refractivity contribution is 0.0953. The molecule has 2 unspecified atom stereocenters. The van der Waals surface area contributed by atoms with Gasteiger partial charge in [0.05, 0.1) is 0 Å². The maximum Gasteiger partial charge on any atom is 0.265 e. The van der Waals surface area contributed by atoms with Gasteiger partial charge in [0, 0.05) is 5.56 Å². The Kier molecular flexibility index (Phi) is 2.20. The van der Waals surface area contributed by atoms with Crippen LogP contribution in [0.4, 0.5) is 0 Å². The summed E-state index contributed by atoms with van der Waals surface area (Å²) >= 11 is 0. The molecule has 0 aliphatic carbocycles. The molecule has 5 heteroatoms. The first kappa shape index (κ1) is 9.14. The van der Waals surface area contributed by atoms with Gasteiger partial charge >= 0.3 is 0 Å². The van der Waals surface area contributed by atoms with E-state index < -0.39 is 6.29 Å². The molecule has 5 nitrogen and oxygen atoms in total. The first-order valence-corrected chi connectivity index (χ1v) is 4.17. The zero-order valence-corrected chi connectivity index (χ0v) is 7.31. The molecule has 1 aromatic rings. The Morgan fingerprint density at radius 3 is 2.43 bits per heavy atom. The van der Waals surface area contributed by atoms with Crippen molar-refractivity contribution >= 4 is 5.91 Å². The Bertz CT molecular complexity index is 350. The Balaban J connectivity index is 2.14. The smallest absolute Gasteiger partial charge is 0.265 e. The maximum atomic E-state index is 11.1. The molecule has 74 valence electrons. The van der Waals surface area contributed by atoms with Crippen LogP contribution in [-0.4, -0.2) is 17.3 Å². The van der Waals surface area contributed by atoms with Crippen LogP contribution in [0.2, 0.25) is 0 Å². The zero-order chi connectivity index (χ0) is 10.1. The van der Waals surface area contributed by atoms with Crippen LogP contribution in [0.15, 0.2) is 24.3 Å². The van der Waals surface area contributed by atoms with Gasteiger partial charge in [0.1, 0.15) is 6.10 Å². The third kappa shape index (κ3) is 1.60. The summed E-state index contributed by atoms with van der Waals surface area (Å²) in [7, 11) is 0. The fourth-order valence-corrected chi connectivity index (χ4v) is 1.26. The van der Waals surface area contributed by atoms with Gasteiger partial charge < -0.3 is 9.84 Å². The number of hydrogen-bond acceptors (Lipinski definition) is 4. The lowest BCUT2D eigenvalue weighted by atomic mass is 10.1. The summed E-state index contributed by atoms with van der Waals surface area (Å²) in [5.41, 5.74) is 3.37. The summed E-state index contributed by atoms with van der Waals surface area (Å²) in [5, 5.41) is 8.98. The van der Waals surface area contributed by atoms with Crippen LogP contribution in [0.3, 0.4) is 0 Å². The van der Waals surface area contributed by atoms with Gasteiger partial charge in [0.25, 0.3) is 5.91 Å². The SMILES string of the molecule is NNC(=O)c1ccc(C2OC2O)cc1. The summed E-state index contributed by atoms with van der Waals surface area (Å²) in [5.74, 6) is 4.63. The van der Waals surface area contributed by atoms with Gasteiger partial charge in [0.15, 0.2) is 6.29 Å². The molecule has 2 rings (SSSR count). The van der Waals surface area contributed by atoms with Crippen molar-refractivity contribution in [2.24, 2.45) is 5.84 Å². The van der Waals surface area contributed by atoms with Crippen molar-refractivity contribution in [3.8, 4) is 0 Å². The van der Waals surface area contributed by atoms with Crippen molar-refractivity contribution in [2.45, 2.75) is 12.4 Å². The van der Waals surface area contributed by atoms with Gasteiger partial charge in [-0.3, -0.25) is 10.2 Å². The molecular formula is C9H10N2O3. The second kappa shape index (κ2) is 3.38. The number of epoxide rings is 1. The van der Waals surface area contributed by atoms with E-state index in [-0.39, 0.29) is 12.0 Å². The first-order chi connectivity index (χ1) is 6.72. The average Bonchev–Trinajstić information content (AvgIpc) is 2.95. The Hall–Kier alpha value is -1.43. The van der Waals surface area contributed by atoms with E-state index in [1.165, 1.54) is 0 Å². The minimum atomic E-state index is -0.704. The highest BCUT2D eigenvalue weighted by Crippen LogP contribution is 2.36. The van der Waals surface area contributed by atoms with Crippen LogP contribution in [0.25, 0.3) is 0 Å². The number of hydrogen-bond donors (Lipinski definition) is 3. The van der Waals surface area contributed by atoms with E-state index in [9.17, 15) is 4.79 Å². The molecule has 1 aliphatic rings. The summed E-state index contributed by atoms with van der Waals surface area (Å²) in [6, 6.07) is 6.72. The van der Waals surface area contributed by atoms with E-state index in [0.717, 1.165) is 5.56 Å². The lowest BCUT2D eigenvalue weighted by Gasteiger charge is -2.00. The summed E-state index contributed by atoms with van der Waals surface area (Å²) in [6.45, 7) is 0. The van der Waals surface area contributed by atoms with Crippen molar-refractivity contribution < 1.29 is 14.6 Å². The molecule has 1 aliphatic heterocycles. The number of hydrazine groups is 1. The van der Waals surface area contributed by atoms with E-state index >= 15 is 0 Å². The number of nitrogens with one attached hydrogen (secondary N) is 1. The fraction of sp³-hybridized carbons (Fsp3) is 0.222. The maximum absolute atomic E-state index is 11.1. The van der Waals surface area contributed by atoms with E-state index in [0.29, 0.717) is 5.56 Å². The molecule has 0 aromatic heterocycles. The number of nitrogens with two attached hydrogens (primary N) is 1. The normalized spacial score (nSPS) is 24.4. The Morgan fingerprint density at radius 1 is 1.43 bits per heavy atom. The highest BCUT2D eigenvalue weighted by molar-refractivity contribution is 5.93. The number of ether oxygens (including phenoxy) is 1. The molecule has 1 saturated heterocycles. The molecule has 1 aromatic carbocycles. The van der Waals surface area contributed by atoms with Gasteiger partial charge in [-0.1, -0.05) is 12.1 Å². The van der Waals surface area contributed by atoms with Crippen LogP contribution in [-0.2, 0) is 4.74 Å². The molecule has 14 heavy (non-hydrogen) atoms. The lowest BCUT2D eigenvalue weighted by Crippen LogP contribution is -2.29. The topological polar surface area (TPSA) is 87.9 Å².